The van der Waals surface area contributed by atoms with Crippen LogP contribution in [0.4, 0.5) is 10.2 Å². The molecule has 0 atom stereocenters. The third-order valence-corrected chi connectivity index (χ3v) is 3.37. The fraction of sp³-hybridized carbons (Fsp3) is 0.125. The van der Waals surface area contributed by atoms with Gasteiger partial charge in [0.1, 0.15) is 17.3 Å². The highest BCUT2D eigenvalue weighted by Gasteiger charge is 2.14. The summed E-state index contributed by atoms with van der Waals surface area (Å²) in [6, 6.07) is 11.6. The Morgan fingerprint density at radius 1 is 1.24 bits per heavy atom. The Kier molecular flexibility index (Phi) is 3.17. The van der Waals surface area contributed by atoms with Gasteiger partial charge < -0.3 is 9.88 Å². The lowest BCUT2D eigenvalue weighted by molar-refractivity contribution is 0.101. The zero-order valence-electron chi connectivity index (χ0n) is 11.7. The maximum atomic E-state index is 13.3. The summed E-state index contributed by atoms with van der Waals surface area (Å²) in [5, 5.41) is 3.57. The first kappa shape index (κ1) is 13.3. The second-order valence-electron chi connectivity index (χ2n) is 4.91. The highest BCUT2D eigenvalue weighted by molar-refractivity contribution is 6.06. The average Bonchev–Trinajstić information content (AvgIpc) is 2.76. The number of anilines is 1. The number of carbonyl (C=O) groups excluding carboxylic acids is 1. The van der Waals surface area contributed by atoms with Gasteiger partial charge in [-0.05, 0) is 43.3 Å². The van der Waals surface area contributed by atoms with E-state index in [9.17, 15) is 9.18 Å². The minimum absolute atomic E-state index is 0.271. The van der Waals surface area contributed by atoms with E-state index in [1.165, 1.54) is 12.1 Å². The van der Waals surface area contributed by atoms with Crippen molar-refractivity contribution in [1.82, 2.24) is 9.55 Å². The monoisotopic (exact) mass is 283 g/mol. The molecular weight excluding hydrogens is 269 g/mol. The molecule has 0 aliphatic rings. The zero-order valence-corrected chi connectivity index (χ0v) is 11.7. The summed E-state index contributed by atoms with van der Waals surface area (Å²) in [6.07, 6.45) is 0. The highest BCUT2D eigenvalue weighted by atomic mass is 19.1. The Labute approximate surface area is 121 Å². The van der Waals surface area contributed by atoms with E-state index in [0.29, 0.717) is 17.0 Å². The van der Waals surface area contributed by atoms with Gasteiger partial charge in [0.25, 0.3) is 5.91 Å². The van der Waals surface area contributed by atoms with E-state index in [2.05, 4.69) is 10.3 Å². The van der Waals surface area contributed by atoms with Crippen LogP contribution in [0, 0.1) is 12.7 Å². The number of aryl methyl sites for hydroxylation is 2. The Balaban J connectivity index is 1.96. The van der Waals surface area contributed by atoms with Gasteiger partial charge in [-0.3, -0.25) is 4.79 Å². The Morgan fingerprint density at radius 3 is 2.81 bits per heavy atom. The van der Waals surface area contributed by atoms with Crippen molar-refractivity contribution in [2.45, 2.75) is 6.92 Å². The van der Waals surface area contributed by atoms with Crippen LogP contribution in [0.5, 0.6) is 0 Å². The van der Waals surface area contributed by atoms with Gasteiger partial charge in [0, 0.05) is 18.1 Å². The molecule has 2 aromatic heterocycles. The molecule has 106 valence electrons. The van der Waals surface area contributed by atoms with Crippen LogP contribution in [0.1, 0.15) is 16.2 Å². The molecule has 1 amide bonds. The predicted molar refractivity (Wildman–Crippen MR) is 79.8 cm³/mol. The summed E-state index contributed by atoms with van der Waals surface area (Å²) in [5.74, 6) is -0.0975. The van der Waals surface area contributed by atoms with Gasteiger partial charge in [0.15, 0.2) is 0 Å². The van der Waals surface area contributed by atoms with E-state index in [1.807, 2.05) is 19.1 Å². The van der Waals surface area contributed by atoms with Crippen molar-refractivity contribution in [1.29, 1.82) is 0 Å². The summed E-state index contributed by atoms with van der Waals surface area (Å²) in [4.78, 5) is 16.6. The molecule has 21 heavy (non-hydrogen) atoms. The standard InChI is InChI=1S/C16H14FN3O/c1-10-4-3-5-15(18-10)19-16(21)14-8-11-6-7-12(17)9-13(11)20(14)2/h3-9H,1-2H3,(H,18,19,21). The fourth-order valence-electron chi connectivity index (χ4n) is 2.31. The molecule has 0 unspecified atom stereocenters. The molecule has 0 spiro atoms. The molecule has 5 heteroatoms. The van der Waals surface area contributed by atoms with Gasteiger partial charge in [-0.2, -0.15) is 0 Å². The van der Waals surface area contributed by atoms with Crippen molar-refractivity contribution in [2.75, 3.05) is 5.32 Å². The third-order valence-electron chi connectivity index (χ3n) is 3.37. The van der Waals surface area contributed by atoms with Crippen molar-refractivity contribution < 1.29 is 9.18 Å². The number of aromatic nitrogens is 2. The van der Waals surface area contributed by atoms with E-state index in [1.54, 1.807) is 29.8 Å². The summed E-state index contributed by atoms with van der Waals surface area (Å²) in [7, 11) is 1.74. The second-order valence-corrected chi connectivity index (χ2v) is 4.91. The van der Waals surface area contributed by atoms with E-state index < -0.39 is 0 Å². The molecular formula is C16H14FN3O. The van der Waals surface area contributed by atoms with Crippen LogP contribution in [-0.2, 0) is 7.05 Å². The highest BCUT2D eigenvalue weighted by Crippen LogP contribution is 2.20. The van der Waals surface area contributed by atoms with Crippen LogP contribution >= 0.6 is 0 Å². The molecule has 3 rings (SSSR count). The lowest BCUT2D eigenvalue weighted by Gasteiger charge is -2.06. The third kappa shape index (κ3) is 2.50. The van der Waals surface area contributed by atoms with Crippen LogP contribution in [0.2, 0.25) is 0 Å². The topological polar surface area (TPSA) is 46.9 Å². The minimum Gasteiger partial charge on any atom is -0.340 e. The normalized spacial score (nSPS) is 10.8. The maximum Gasteiger partial charge on any atom is 0.273 e. The smallest absolute Gasteiger partial charge is 0.273 e. The van der Waals surface area contributed by atoms with Crippen molar-refractivity contribution in [3.63, 3.8) is 0 Å². The number of amides is 1. The summed E-state index contributed by atoms with van der Waals surface area (Å²) >= 11 is 0. The van der Waals surface area contributed by atoms with Gasteiger partial charge in [0.05, 0.1) is 5.52 Å². The van der Waals surface area contributed by atoms with Gasteiger partial charge >= 0.3 is 0 Å². The first-order valence-electron chi connectivity index (χ1n) is 6.54. The van der Waals surface area contributed by atoms with Crippen LogP contribution < -0.4 is 5.32 Å². The van der Waals surface area contributed by atoms with Crippen molar-refractivity contribution in [3.8, 4) is 0 Å². The van der Waals surface area contributed by atoms with Crippen LogP contribution in [0.3, 0.4) is 0 Å². The van der Waals surface area contributed by atoms with Gasteiger partial charge in [-0.15, -0.1) is 0 Å². The number of fused-ring (bicyclic) bond motifs is 1. The van der Waals surface area contributed by atoms with Crippen LogP contribution in [-0.4, -0.2) is 15.5 Å². The van der Waals surface area contributed by atoms with E-state index in [-0.39, 0.29) is 11.7 Å². The molecule has 0 bridgehead atoms. The summed E-state index contributed by atoms with van der Waals surface area (Å²) in [6.45, 7) is 1.86. The molecule has 0 radical (unpaired) electrons. The number of pyridine rings is 1. The molecule has 0 fully saturated rings. The largest absolute Gasteiger partial charge is 0.340 e. The quantitative estimate of drug-likeness (QED) is 0.784. The number of rotatable bonds is 2. The molecule has 0 saturated carbocycles. The van der Waals surface area contributed by atoms with Crippen LogP contribution in [0.25, 0.3) is 10.9 Å². The molecule has 3 aromatic rings. The molecule has 1 N–H and O–H groups in total. The van der Waals surface area contributed by atoms with E-state index in [0.717, 1.165) is 11.1 Å². The first-order chi connectivity index (χ1) is 10.0. The number of halogens is 1. The summed E-state index contributed by atoms with van der Waals surface area (Å²) in [5.41, 5.74) is 1.96. The Hall–Kier alpha value is -2.69. The number of benzene rings is 1. The Morgan fingerprint density at radius 2 is 2.05 bits per heavy atom. The van der Waals surface area contributed by atoms with Crippen molar-refractivity contribution in [3.05, 3.63) is 59.7 Å². The van der Waals surface area contributed by atoms with Gasteiger partial charge in [0.2, 0.25) is 0 Å². The number of nitrogens with one attached hydrogen (secondary N) is 1. The lowest BCUT2D eigenvalue weighted by Crippen LogP contribution is -2.16. The lowest BCUT2D eigenvalue weighted by atomic mass is 10.2. The zero-order chi connectivity index (χ0) is 15.0. The summed E-state index contributed by atoms with van der Waals surface area (Å²) < 4.78 is 15.0. The van der Waals surface area contributed by atoms with Crippen molar-refractivity contribution >= 4 is 22.6 Å². The van der Waals surface area contributed by atoms with Crippen molar-refractivity contribution in [2.24, 2.45) is 7.05 Å². The maximum absolute atomic E-state index is 13.3. The second kappa shape index (κ2) is 5.01. The number of nitrogens with zero attached hydrogens (tertiary/aromatic N) is 2. The number of hydrogen-bond acceptors (Lipinski definition) is 2. The van der Waals surface area contributed by atoms with Crippen LogP contribution in [0.15, 0.2) is 42.5 Å². The average molecular weight is 283 g/mol. The van der Waals surface area contributed by atoms with Gasteiger partial charge in [-0.1, -0.05) is 6.07 Å². The molecule has 0 aliphatic heterocycles. The van der Waals surface area contributed by atoms with E-state index in [4.69, 9.17) is 0 Å². The molecule has 0 aliphatic carbocycles. The SMILES string of the molecule is Cc1cccc(NC(=O)c2cc3ccc(F)cc3n2C)n1. The first-order valence-corrected chi connectivity index (χ1v) is 6.54. The van der Waals surface area contributed by atoms with Gasteiger partial charge in [-0.25, -0.2) is 9.37 Å². The number of carbonyl (C=O) groups is 1. The molecule has 0 saturated heterocycles. The predicted octanol–water partition coefficient (Wildman–Crippen LogP) is 3.27. The minimum atomic E-state index is -0.323. The molecule has 1 aromatic carbocycles. The van der Waals surface area contributed by atoms with E-state index >= 15 is 0 Å². The number of hydrogen-bond donors (Lipinski definition) is 1. The molecule has 2 heterocycles. The fourth-order valence-corrected chi connectivity index (χ4v) is 2.31. The molecule has 4 nitrogen and oxygen atoms in total. The Bertz CT molecular complexity index is 839.